The molecule has 0 aliphatic rings. The molecule has 2 rings (SSSR count). The SMILES string of the molecule is NCC(=O)CCC(=O)OCc1ccc(-c2ccccc2)cc1. The number of carbonyl (C=O) groups excluding carboxylic acids is 2. The molecule has 2 aromatic rings. The van der Waals surface area contributed by atoms with Crippen molar-refractivity contribution in [3.8, 4) is 11.1 Å². The zero-order valence-electron chi connectivity index (χ0n) is 12.3. The van der Waals surface area contributed by atoms with E-state index in [0.29, 0.717) is 0 Å². The van der Waals surface area contributed by atoms with E-state index in [4.69, 9.17) is 10.5 Å². The van der Waals surface area contributed by atoms with Gasteiger partial charge in [-0.3, -0.25) is 9.59 Å². The van der Waals surface area contributed by atoms with Gasteiger partial charge in [-0.1, -0.05) is 54.6 Å². The smallest absolute Gasteiger partial charge is 0.306 e. The molecule has 4 nitrogen and oxygen atoms in total. The standard InChI is InChI=1S/C18H19NO3/c19-12-17(20)10-11-18(21)22-13-14-6-8-16(9-7-14)15-4-2-1-3-5-15/h1-9H,10-13,19H2. The third-order valence-electron chi connectivity index (χ3n) is 3.30. The first-order valence-electron chi connectivity index (χ1n) is 7.21. The maximum absolute atomic E-state index is 11.5. The summed E-state index contributed by atoms with van der Waals surface area (Å²) in [6.45, 7) is 0.180. The van der Waals surface area contributed by atoms with Crippen LogP contribution >= 0.6 is 0 Å². The van der Waals surface area contributed by atoms with Gasteiger partial charge < -0.3 is 10.5 Å². The number of carbonyl (C=O) groups is 2. The minimum atomic E-state index is -0.381. The second-order valence-corrected chi connectivity index (χ2v) is 4.97. The lowest BCUT2D eigenvalue weighted by molar-refractivity contribution is -0.146. The van der Waals surface area contributed by atoms with Crippen LogP contribution in [0.25, 0.3) is 11.1 Å². The van der Waals surface area contributed by atoms with E-state index in [-0.39, 0.29) is 37.7 Å². The molecule has 22 heavy (non-hydrogen) atoms. The lowest BCUT2D eigenvalue weighted by Gasteiger charge is -2.06. The van der Waals surface area contributed by atoms with Crippen LogP contribution in [0.3, 0.4) is 0 Å². The minimum Gasteiger partial charge on any atom is -0.461 e. The number of ketones is 1. The fraction of sp³-hybridized carbons (Fsp3) is 0.222. The molecule has 2 N–H and O–H groups in total. The topological polar surface area (TPSA) is 69.4 Å². The number of Topliss-reactive ketones (excluding diaryl/α,β-unsaturated/α-hetero) is 1. The van der Waals surface area contributed by atoms with Gasteiger partial charge in [0.25, 0.3) is 0 Å². The molecular formula is C18H19NO3. The van der Waals surface area contributed by atoms with Gasteiger partial charge in [0.15, 0.2) is 0 Å². The Morgan fingerprint density at radius 1 is 0.864 bits per heavy atom. The Hall–Kier alpha value is -2.46. The molecular weight excluding hydrogens is 278 g/mol. The van der Waals surface area contributed by atoms with Crippen molar-refractivity contribution in [1.29, 1.82) is 0 Å². The molecule has 0 spiro atoms. The summed E-state index contributed by atoms with van der Waals surface area (Å²) in [5, 5.41) is 0. The number of hydrogen-bond donors (Lipinski definition) is 1. The van der Waals surface area contributed by atoms with Gasteiger partial charge in [0.1, 0.15) is 12.4 Å². The zero-order chi connectivity index (χ0) is 15.8. The van der Waals surface area contributed by atoms with E-state index < -0.39 is 0 Å². The van der Waals surface area contributed by atoms with Crippen molar-refractivity contribution in [3.63, 3.8) is 0 Å². The van der Waals surface area contributed by atoms with Crippen LogP contribution in [0.1, 0.15) is 18.4 Å². The van der Waals surface area contributed by atoms with Crippen LogP contribution in [0.2, 0.25) is 0 Å². The van der Waals surface area contributed by atoms with Gasteiger partial charge in [0.2, 0.25) is 0 Å². The highest BCUT2D eigenvalue weighted by molar-refractivity contribution is 5.84. The summed E-state index contributed by atoms with van der Waals surface area (Å²) in [6.07, 6.45) is 0.223. The fourth-order valence-electron chi connectivity index (χ4n) is 2.00. The Kier molecular flexibility index (Phi) is 5.86. The van der Waals surface area contributed by atoms with E-state index in [1.165, 1.54) is 0 Å². The largest absolute Gasteiger partial charge is 0.461 e. The summed E-state index contributed by atoms with van der Waals surface area (Å²) in [4.78, 5) is 22.5. The highest BCUT2D eigenvalue weighted by atomic mass is 16.5. The number of hydrogen-bond acceptors (Lipinski definition) is 4. The van der Waals surface area contributed by atoms with E-state index in [1.807, 2.05) is 54.6 Å². The van der Waals surface area contributed by atoms with Crippen molar-refractivity contribution in [2.45, 2.75) is 19.4 Å². The van der Waals surface area contributed by atoms with Gasteiger partial charge in [0.05, 0.1) is 13.0 Å². The first-order chi connectivity index (χ1) is 10.7. The van der Waals surface area contributed by atoms with Gasteiger partial charge in [-0.15, -0.1) is 0 Å². The summed E-state index contributed by atoms with van der Waals surface area (Å²) in [7, 11) is 0. The van der Waals surface area contributed by atoms with Crippen molar-refractivity contribution in [2.75, 3.05) is 6.54 Å². The second kappa shape index (κ2) is 8.10. The van der Waals surface area contributed by atoms with Crippen molar-refractivity contribution in [3.05, 3.63) is 60.2 Å². The predicted molar refractivity (Wildman–Crippen MR) is 85.0 cm³/mol. The number of ether oxygens (including phenoxy) is 1. The van der Waals surface area contributed by atoms with Gasteiger partial charge in [-0.2, -0.15) is 0 Å². The molecule has 0 aliphatic carbocycles. The summed E-state index contributed by atoms with van der Waals surface area (Å²) >= 11 is 0. The van der Waals surface area contributed by atoms with Gasteiger partial charge in [0, 0.05) is 6.42 Å². The highest BCUT2D eigenvalue weighted by Crippen LogP contribution is 2.19. The molecule has 4 heteroatoms. The van der Waals surface area contributed by atoms with Crippen LogP contribution in [-0.4, -0.2) is 18.3 Å². The number of rotatable bonds is 7. The molecule has 0 radical (unpaired) electrons. The predicted octanol–water partition coefficient (Wildman–Crippen LogP) is 2.70. The van der Waals surface area contributed by atoms with Crippen molar-refractivity contribution >= 4 is 11.8 Å². The van der Waals surface area contributed by atoms with Gasteiger partial charge in [-0.25, -0.2) is 0 Å². The highest BCUT2D eigenvalue weighted by Gasteiger charge is 2.07. The Labute approximate surface area is 129 Å². The fourth-order valence-corrected chi connectivity index (χ4v) is 2.00. The summed E-state index contributed by atoms with van der Waals surface area (Å²) in [5.74, 6) is -0.516. The maximum atomic E-state index is 11.5. The third-order valence-corrected chi connectivity index (χ3v) is 3.30. The number of nitrogens with two attached hydrogens (primary N) is 1. The summed E-state index contributed by atoms with van der Waals surface area (Å²) in [6, 6.07) is 17.9. The molecule has 0 heterocycles. The van der Waals surface area contributed by atoms with E-state index >= 15 is 0 Å². The van der Waals surface area contributed by atoms with Crippen molar-refractivity contribution in [1.82, 2.24) is 0 Å². The van der Waals surface area contributed by atoms with Crippen molar-refractivity contribution < 1.29 is 14.3 Å². The first kappa shape index (κ1) is 15.9. The monoisotopic (exact) mass is 297 g/mol. The van der Waals surface area contributed by atoms with Gasteiger partial charge in [-0.05, 0) is 16.7 Å². The molecule has 114 valence electrons. The van der Waals surface area contributed by atoms with E-state index in [1.54, 1.807) is 0 Å². The molecule has 0 saturated heterocycles. The third kappa shape index (κ3) is 4.82. The molecule has 0 saturated carbocycles. The molecule has 0 bridgehead atoms. The number of esters is 1. The van der Waals surface area contributed by atoms with Crippen LogP contribution in [-0.2, 0) is 20.9 Å². The van der Waals surface area contributed by atoms with Crippen LogP contribution < -0.4 is 5.73 Å². The second-order valence-electron chi connectivity index (χ2n) is 4.97. The normalized spacial score (nSPS) is 10.2. The van der Waals surface area contributed by atoms with Gasteiger partial charge >= 0.3 is 5.97 Å². The molecule has 0 aromatic heterocycles. The Bertz CT molecular complexity index is 621. The van der Waals surface area contributed by atoms with Crippen molar-refractivity contribution in [2.24, 2.45) is 5.73 Å². The lowest BCUT2D eigenvalue weighted by Crippen LogP contribution is -2.15. The van der Waals surface area contributed by atoms with Crippen LogP contribution in [0.15, 0.2) is 54.6 Å². The van der Waals surface area contributed by atoms with Crippen LogP contribution in [0.4, 0.5) is 0 Å². The number of benzene rings is 2. The van der Waals surface area contributed by atoms with Crippen LogP contribution in [0, 0.1) is 0 Å². The Balaban J connectivity index is 1.84. The Morgan fingerprint density at radius 2 is 1.50 bits per heavy atom. The first-order valence-corrected chi connectivity index (χ1v) is 7.21. The summed E-state index contributed by atoms with van der Waals surface area (Å²) < 4.78 is 5.14. The molecule has 2 aromatic carbocycles. The van der Waals surface area contributed by atoms with E-state index in [9.17, 15) is 9.59 Å². The maximum Gasteiger partial charge on any atom is 0.306 e. The molecule has 0 amide bonds. The van der Waals surface area contributed by atoms with E-state index in [0.717, 1.165) is 16.7 Å². The van der Waals surface area contributed by atoms with E-state index in [2.05, 4.69) is 0 Å². The Morgan fingerprint density at radius 3 is 2.14 bits per heavy atom. The van der Waals surface area contributed by atoms with Crippen LogP contribution in [0.5, 0.6) is 0 Å². The average molecular weight is 297 g/mol. The molecule has 0 fully saturated rings. The molecule has 0 unspecified atom stereocenters. The average Bonchev–Trinajstić information content (AvgIpc) is 2.59. The quantitative estimate of drug-likeness (QED) is 0.798. The summed E-state index contributed by atoms with van der Waals surface area (Å²) in [5.41, 5.74) is 8.36. The molecule has 0 aliphatic heterocycles. The zero-order valence-corrected chi connectivity index (χ0v) is 12.3. The minimum absolute atomic E-state index is 0.0335. The lowest BCUT2D eigenvalue weighted by atomic mass is 10.0. The molecule has 0 atom stereocenters.